The van der Waals surface area contributed by atoms with Gasteiger partial charge in [0, 0.05) is 19.5 Å². The molecule has 1 saturated carbocycles. The number of methoxy groups -OCH3 is 1. The summed E-state index contributed by atoms with van der Waals surface area (Å²) >= 11 is 0. The second kappa shape index (κ2) is 6.02. The van der Waals surface area contributed by atoms with E-state index < -0.39 is 0 Å². The smallest absolute Gasteiger partial charge is 0.323 e. The van der Waals surface area contributed by atoms with E-state index >= 15 is 0 Å². The molecule has 4 heteroatoms. The average molecular weight is 255 g/mol. The highest BCUT2D eigenvalue weighted by Crippen LogP contribution is 2.32. The molecule has 0 spiro atoms. The fraction of sp³-hybridized carbons (Fsp3) is 0.929. The molecule has 0 amide bonds. The Hall–Kier alpha value is -0.610. The van der Waals surface area contributed by atoms with Gasteiger partial charge in [0.05, 0.1) is 13.2 Å². The zero-order valence-electron chi connectivity index (χ0n) is 11.5. The van der Waals surface area contributed by atoms with Crippen molar-refractivity contribution in [1.82, 2.24) is 4.90 Å². The van der Waals surface area contributed by atoms with Crippen LogP contribution in [0.3, 0.4) is 0 Å². The predicted molar refractivity (Wildman–Crippen MR) is 69.1 cm³/mol. The Balaban J connectivity index is 1.95. The van der Waals surface area contributed by atoms with Crippen LogP contribution in [0, 0.1) is 11.8 Å². The number of hydrogen-bond donors (Lipinski definition) is 1. The number of aliphatic hydroxyl groups is 1. The van der Waals surface area contributed by atoms with Crippen molar-refractivity contribution < 1.29 is 14.6 Å². The van der Waals surface area contributed by atoms with Crippen LogP contribution in [0.15, 0.2) is 0 Å². The van der Waals surface area contributed by atoms with Gasteiger partial charge in [0.25, 0.3) is 0 Å². The molecule has 4 atom stereocenters. The van der Waals surface area contributed by atoms with Crippen molar-refractivity contribution in [3.05, 3.63) is 0 Å². The number of esters is 1. The summed E-state index contributed by atoms with van der Waals surface area (Å²) in [4.78, 5) is 13.8. The number of rotatable bonds is 3. The molecule has 1 heterocycles. The number of ether oxygens (including phenoxy) is 1. The molecule has 2 rings (SSSR count). The largest absolute Gasteiger partial charge is 0.468 e. The molecule has 0 aromatic heterocycles. The molecule has 1 aliphatic carbocycles. The third kappa shape index (κ3) is 3.04. The van der Waals surface area contributed by atoms with Gasteiger partial charge >= 0.3 is 5.97 Å². The number of likely N-dealkylation sites (tertiary alicyclic amines) is 1. The average Bonchev–Trinajstić information content (AvgIpc) is 2.72. The van der Waals surface area contributed by atoms with Gasteiger partial charge in [-0.05, 0) is 18.3 Å². The number of aliphatic hydroxyl groups excluding tert-OH is 1. The van der Waals surface area contributed by atoms with Crippen LogP contribution >= 0.6 is 0 Å². The highest BCUT2D eigenvalue weighted by atomic mass is 16.5. The first kappa shape index (κ1) is 13.8. The number of β-amino-alcohol motifs (C(OH)–C–C–N with tert-alkyl or cyclic N) is 1. The summed E-state index contributed by atoms with van der Waals surface area (Å²) in [5, 5.41) is 9.76. The van der Waals surface area contributed by atoms with Crippen LogP contribution < -0.4 is 0 Å². The summed E-state index contributed by atoms with van der Waals surface area (Å²) in [6.45, 7) is 3.85. The standard InChI is InChI=1S/C14H25NO3/c1-10-5-3-4-6-11(10)8-15-9-12(16)7-13(15)14(17)18-2/h10-13,16H,3-9H2,1-2H3/t10?,11?,12-,13-/m0/s1. The monoisotopic (exact) mass is 255 g/mol. The number of carbonyl (C=O) groups is 1. The first-order valence-electron chi connectivity index (χ1n) is 7.11. The molecule has 0 aromatic rings. The number of carbonyl (C=O) groups excluding carboxylic acids is 1. The van der Waals surface area contributed by atoms with Gasteiger partial charge in [-0.1, -0.05) is 26.2 Å². The summed E-state index contributed by atoms with van der Waals surface area (Å²) < 4.78 is 4.84. The van der Waals surface area contributed by atoms with Crippen LogP contribution in [0.4, 0.5) is 0 Å². The molecular weight excluding hydrogens is 230 g/mol. The highest BCUT2D eigenvalue weighted by Gasteiger charge is 2.38. The summed E-state index contributed by atoms with van der Waals surface area (Å²) in [5.74, 6) is 1.20. The SMILES string of the molecule is COC(=O)[C@@H]1C[C@H](O)CN1CC1CCCCC1C. The van der Waals surface area contributed by atoms with Gasteiger partial charge in [0.15, 0.2) is 0 Å². The molecule has 18 heavy (non-hydrogen) atoms. The van der Waals surface area contributed by atoms with Crippen LogP contribution in [0.25, 0.3) is 0 Å². The van der Waals surface area contributed by atoms with Gasteiger partial charge in [0.1, 0.15) is 6.04 Å². The summed E-state index contributed by atoms with van der Waals surface area (Å²) in [6.07, 6.45) is 5.32. The van der Waals surface area contributed by atoms with E-state index in [2.05, 4.69) is 11.8 Å². The molecule has 2 aliphatic rings. The molecule has 0 radical (unpaired) electrons. The minimum Gasteiger partial charge on any atom is -0.468 e. The lowest BCUT2D eigenvalue weighted by Gasteiger charge is -2.33. The zero-order chi connectivity index (χ0) is 13.1. The van der Waals surface area contributed by atoms with E-state index in [0.29, 0.717) is 18.9 Å². The second-order valence-electron chi connectivity index (χ2n) is 5.90. The van der Waals surface area contributed by atoms with Gasteiger partial charge in [-0.25, -0.2) is 0 Å². The Morgan fingerprint density at radius 3 is 2.78 bits per heavy atom. The van der Waals surface area contributed by atoms with Crippen molar-refractivity contribution in [2.75, 3.05) is 20.2 Å². The van der Waals surface area contributed by atoms with Crippen LogP contribution in [-0.2, 0) is 9.53 Å². The summed E-state index contributed by atoms with van der Waals surface area (Å²) in [5.41, 5.74) is 0. The van der Waals surface area contributed by atoms with Crippen molar-refractivity contribution in [3.63, 3.8) is 0 Å². The molecule has 1 saturated heterocycles. The molecule has 2 fully saturated rings. The molecule has 1 N–H and O–H groups in total. The lowest BCUT2D eigenvalue weighted by molar-refractivity contribution is -0.146. The lowest BCUT2D eigenvalue weighted by Crippen LogP contribution is -2.41. The van der Waals surface area contributed by atoms with E-state index in [-0.39, 0.29) is 18.1 Å². The molecule has 0 aromatic carbocycles. The fourth-order valence-corrected chi connectivity index (χ4v) is 3.43. The maximum absolute atomic E-state index is 11.7. The number of hydrogen-bond acceptors (Lipinski definition) is 4. The molecule has 4 nitrogen and oxygen atoms in total. The first-order chi connectivity index (χ1) is 8.61. The van der Waals surface area contributed by atoms with E-state index in [1.807, 2.05) is 0 Å². The maximum atomic E-state index is 11.7. The van der Waals surface area contributed by atoms with Crippen molar-refractivity contribution in [2.45, 2.75) is 51.2 Å². The highest BCUT2D eigenvalue weighted by molar-refractivity contribution is 5.76. The number of nitrogens with zero attached hydrogens (tertiary/aromatic N) is 1. The lowest BCUT2D eigenvalue weighted by atomic mass is 9.80. The van der Waals surface area contributed by atoms with E-state index in [9.17, 15) is 9.90 Å². The van der Waals surface area contributed by atoms with Crippen molar-refractivity contribution >= 4 is 5.97 Å². The van der Waals surface area contributed by atoms with Gasteiger partial charge in [-0.15, -0.1) is 0 Å². The minimum absolute atomic E-state index is 0.199. The molecule has 1 aliphatic heterocycles. The predicted octanol–water partition coefficient (Wildman–Crippen LogP) is 1.42. The summed E-state index contributed by atoms with van der Waals surface area (Å²) in [6, 6.07) is -0.237. The Kier molecular flexibility index (Phi) is 4.62. The van der Waals surface area contributed by atoms with Gasteiger partial charge < -0.3 is 9.84 Å². The van der Waals surface area contributed by atoms with E-state index in [0.717, 1.165) is 12.5 Å². The van der Waals surface area contributed by atoms with Crippen molar-refractivity contribution in [1.29, 1.82) is 0 Å². The Morgan fingerprint density at radius 2 is 2.11 bits per heavy atom. The van der Waals surface area contributed by atoms with Crippen molar-refractivity contribution in [2.24, 2.45) is 11.8 Å². The Morgan fingerprint density at radius 1 is 1.39 bits per heavy atom. The van der Waals surface area contributed by atoms with Crippen LogP contribution in [0.2, 0.25) is 0 Å². The summed E-state index contributed by atoms with van der Waals surface area (Å²) in [7, 11) is 1.43. The third-order valence-corrected chi connectivity index (χ3v) is 4.61. The molecular formula is C14H25NO3. The van der Waals surface area contributed by atoms with E-state index in [1.54, 1.807) is 0 Å². The zero-order valence-corrected chi connectivity index (χ0v) is 11.5. The van der Waals surface area contributed by atoms with E-state index in [1.165, 1.54) is 32.8 Å². The first-order valence-corrected chi connectivity index (χ1v) is 7.11. The van der Waals surface area contributed by atoms with Gasteiger partial charge in [-0.3, -0.25) is 9.69 Å². The van der Waals surface area contributed by atoms with E-state index in [4.69, 9.17) is 4.74 Å². The van der Waals surface area contributed by atoms with Crippen molar-refractivity contribution in [3.8, 4) is 0 Å². The second-order valence-corrected chi connectivity index (χ2v) is 5.90. The maximum Gasteiger partial charge on any atom is 0.323 e. The van der Waals surface area contributed by atoms with Crippen LogP contribution in [0.5, 0.6) is 0 Å². The van der Waals surface area contributed by atoms with Gasteiger partial charge in [-0.2, -0.15) is 0 Å². The normalized spacial score (nSPS) is 37.7. The topological polar surface area (TPSA) is 49.8 Å². The quantitative estimate of drug-likeness (QED) is 0.775. The molecule has 0 bridgehead atoms. The van der Waals surface area contributed by atoms with Gasteiger partial charge in [0.2, 0.25) is 0 Å². The molecule has 2 unspecified atom stereocenters. The molecule has 104 valence electrons. The Bertz CT molecular complexity index is 295. The van der Waals surface area contributed by atoms with Crippen LogP contribution in [-0.4, -0.2) is 48.3 Å². The van der Waals surface area contributed by atoms with Crippen LogP contribution in [0.1, 0.15) is 39.0 Å². The fourth-order valence-electron chi connectivity index (χ4n) is 3.43. The third-order valence-electron chi connectivity index (χ3n) is 4.61. The Labute approximate surface area is 109 Å². The minimum atomic E-state index is -0.381.